The van der Waals surface area contributed by atoms with E-state index in [0.29, 0.717) is 0 Å². The molecule has 36 N–H and O–H groups in total. The molecule has 0 spiro atoms. The van der Waals surface area contributed by atoms with Crippen LogP contribution in [-0.2, 0) is 36.5 Å². The summed E-state index contributed by atoms with van der Waals surface area (Å²) in [5, 5.41) is 108. The first-order valence-electron chi connectivity index (χ1n) is 13.4. The van der Waals surface area contributed by atoms with Gasteiger partial charge in [-0.25, -0.2) is 36.5 Å². The van der Waals surface area contributed by atoms with Crippen molar-refractivity contribution in [3.05, 3.63) is 0 Å². The Morgan fingerprint density at radius 3 is 0.172 bits per heavy atom. The lowest BCUT2D eigenvalue weighted by Crippen LogP contribution is -2.63. The molecule has 0 aromatic rings. The van der Waals surface area contributed by atoms with E-state index in [0.717, 1.165) is 0 Å². The number of aliphatic hydroxyl groups excluding tert-OH is 12. The van der Waals surface area contributed by atoms with Crippen LogP contribution in [0, 0.1) is 0 Å². The highest BCUT2D eigenvalue weighted by Crippen LogP contribution is 2.29. The van der Waals surface area contributed by atoms with E-state index in [-0.39, 0.29) is 0 Å². The summed E-state index contributed by atoms with van der Waals surface area (Å²) in [5.41, 5.74) is 0. The molecule has 0 aromatic carbocycles. The van der Waals surface area contributed by atoms with Gasteiger partial charge < -0.3 is 179 Å². The van der Waals surface area contributed by atoms with Gasteiger partial charge in [0.25, 0.3) is 0 Å². The van der Waals surface area contributed by atoms with Crippen LogP contribution in [0.1, 0.15) is 0 Å². The Kier molecular flexibility index (Phi) is 44.1. The normalized spacial score (nSPS) is 28.2. The summed E-state index contributed by atoms with van der Waals surface area (Å²) in [4.78, 5) is 172. The minimum absolute atomic E-state index is 1.64. The van der Waals surface area contributed by atoms with Crippen molar-refractivity contribution in [3.8, 4) is 0 Å². The van der Waals surface area contributed by atoms with Gasteiger partial charge in [-0.05, 0) is 0 Å². The van der Waals surface area contributed by atoms with Gasteiger partial charge in [0.2, 0.25) is 0 Å². The SMILES string of the molecule is O=P(O)(O)O.O=P(O)(O)O.O=P(O)(O)O.O=P(O)(O)O.O=P(O)(O)O.O=P(O)(O)O.O=P(O)(O)O.O=P(O)(O)O.O[C@H]1[C@H](O)[C@H](O)[C@@H](O)[C@H](O)[C@H]1O.O[C@H]1[C@H](O)[C@H](O)[C@@H](O)[C@H](O)[C@H]1O. The highest BCUT2D eigenvalue weighted by molar-refractivity contribution is 7.46. The number of phosphoric acid groups is 8. The molecule has 0 radical (unpaired) electrons. The zero-order valence-electron chi connectivity index (χ0n) is 29.9. The van der Waals surface area contributed by atoms with E-state index >= 15 is 0 Å². The Balaban J connectivity index is -0.0000000937. The second kappa shape index (κ2) is 34.7. The van der Waals surface area contributed by atoms with Crippen molar-refractivity contribution in [2.24, 2.45) is 0 Å². The summed E-state index contributed by atoms with van der Waals surface area (Å²) in [6.45, 7) is 0. The number of aliphatic hydroxyl groups is 12. The second-order valence-electron chi connectivity index (χ2n) is 9.99. The molecule has 2 fully saturated rings. The number of hydrogen-bond donors (Lipinski definition) is 36. The van der Waals surface area contributed by atoms with Crippen molar-refractivity contribution >= 4 is 62.6 Å². The molecule has 44 nitrogen and oxygen atoms in total. The molecule has 0 aliphatic heterocycles. The molecule has 64 heavy (non-hydrogen) atoms. The largest absolute Gasteiger partial charge is 0.466 e. The third kappa shape index (κ3) is 100. The van der Waals surface area contributed by atoms with Crippen molar-refractivity contribution in [3.63, 3.8) is 0 Å². The van der Waals surface area contributed by atoms with E-state index < -0.39 is 136 Å². The second-order valence-corrected chi connectivity index (χ2v) is 18.2. The van der Waals surface area contributed by atoms with Crippen LogP contribution in [0.15, 0.2) is 0 Å². The van der Waals surface area contributed by atoms with Crippen LogP contribution < -0.4 is 0 Å². The van der Waals surface area contributed by atoms with E-state index in [1.807, 2.05) is 0 Å². The van der Waals surface area contributed by atoms with Gasteiger partial charge in [-0.2, -0.15) is 0 Å². The van der Waals surface area contributed by atoms with E-state index in [2.05, 4.69) is 0 Å². The van der Waals surface area contributed by atoms with Gasteiger partial charge >= 0.3 is 62.6 Å². The smallest absolute Gasteiger partial charge is 0.387 e. The molecule has 52 heteroatoms. The van der Waals surface area contributed by atoms with E-state index in [9.17, 15) is 0 Å². The first kappa shape index (κ1) is 81.4. The monoisotopic (exact) mass is 1140 g/mol. The molecule has 0 bridgehead atoms. The zero-order valence-corrected chi connectivity index (χ0v) is 37.0. The molecule has 0 unspecified atom stereocenters. The average molecular weight is 1140 g/mol. The van der Waals surface area contributed by atoms with Crippen molar-refractivity contribution in [2.75, 3.05) is 0 Å². The Morgan fingerprint density at radius 2 is 0.156 bits per heavy atom. The summed E-state index contributed by atoms with van der Waals surface area (Å²) >= 11 is 0. The van der Waals surface area contributed by atoms with Crippen molar-refractivity contribution in [2.45, 2.75) is 73.2 Å². The van der Waals surface area contributed by atoms with Crippen LogP contribution in [0.5, 0.6) is 0 Å². The van der Waals surface area contributed by atoms with Gasteiger partial charge in [-0.3, -0.25) is 0 Å². The molecule has 2 rings (SSSR count). The Bertz CT molecular complexity index is 1110. The fourth-order valence-corrected chi connectivity index (χ4v) is 2.42. The van der Waals surface area contributed by atoms with Gasteiger partial charge in [0.15, 0.2) is 0 Å². The van der Waals surface area contributed by atoms with Crippen molar-refractivity contribution in [1.29, 1.82) is 0 Å². The molecule has 0 saturated heterocycles. The zero-order chi connectivity index (χ0) is 54.9. The summed E-state index contributed by atoms with van der Waals surface area (Å²) in [5.74, 6) is 0. The van der Waals surface area contributed by atoms with Gasteiger partial charge in [0.05, 0.1) is 0 Å². The average Bonchev–Trinajstić information content (AvgIpc) is 2.92. The lowest BCUT2D eigenvalue weighted by Gasteiger charge is -2.39. The minimum Gasteiger partial charge on any atom is -0.387 e. The lowest BCUT2D eigenvalue weighted by molar-refractivity contribution is -0.223. The molecule has 0 heterocycles. The first-order valence-corrected chi connectivity index (χ1v) is 25.9. The molecule has 2 aliphatic rings. The Morgan fingerprint density at radius 1 is 0.141 bits per heavy atom. The summed E-state index contributed by atoms with van der Waals surface area (Å²) in [6, 6.07) is 0. The summed E-state index contributed by atoms with van der Waals surface area (Å²) < 4.78 is 71.1. The van der Waals surface area contributed by atoms with Crippen molar-refractivity contribution in [1.82, 2.24) is 0 Å². The third-order valence-corrected chi connectivity index (χ3v) is 4.20. The highest BCUT2D eigenvalue weighted by Gasteiger charge is 2.48. The first-order chi connectivity index (χ1) is 26.9. The molecule has 0 aromatic heterocycles. The van der Waals surface area contributed by atoms with Crippen LogP contribution in [0.3, 0.4) is 0 Å². The molecule has 0 amide bonds. The van der Waals surface area contributed by atoms with E-state index in [4.69, 9.17) is 215 Å². The molecule has 400 valence electrons. The molecule has 0 atom stereocenters. The van der Waals surface area contributed by atoms with Crippen LogP contribution in [-0.4, -0.2) is 252 Å². The standard InChI is InChI=1S/2C6H12O6.8H3O4P/c2*7-1-2(8)4(10)6(12)5(11)3(1)9;8*1-5(2,3)4/h2*1-12H;8*(H3,1,2,3,4)/t2*1-,2-,3-,4-,5+,6+;;;;;;;;/m00......../s1. The van der Waals surface area contributed by atoms with Crippen LogP contribution >= 0.6 is 62.6 Å². The predicted molar refractivity (Wildman–Crippen MR) is 186 cm³/mol. The fourth-order valence-electron chi connectivity index (χ4n) is 2.42. The van der Waals surface area contributed by atoms with Crippen LogP contribution in [0.25, 0.3) is 0 Å². The van der Waals surface area contributed by atoms with Gasteiger partial charge in [0, 0.05) is 0 Å². The maximum Gasteiger partial charge on any atom is 0.466 e. The maximum atomic E-state index is 8.97. The number of hydrogen-bond acceptors (Lipinski definition) is 20. The van der Waals surface area contributed by atoms with Crippen LogP contribution in [0.2, 0.25) is 0 Å². The summed E-state index contributed by atoms with van der Waals surface area (Å²) in [7, 11) is -37.1. The minimum atomic E-state index is -4.64. The highest BCUT2D eigenvalue weighted by atomic mass is 31.2. The molecular formula is C12H48O44P8. The summed E-state index contributed by atoms with van der Waals surface area (Å²) in [6.07, 6.45) is -19.7. The quantitative estimate of drug-likeness (QED) is 0.100. The molecule has 2 aliphatic carbocycles. The van der Waals surface area contributed by atoms with E-state index in [1.165, 1.54) is 0 Å². The van der Waals surface area contributed by atoms with E-state index in [1.54, 1.807) is 0 Å². The molecular weight excluding hydrogens is 1100 g/mol. The molecule has 2 saturated carbocycles. The Hall–Kier alpha value is 0.400. The maximum absolute atomic E-state index is 8.97. The predicted octanol–water partition coefficient (Wildman–Crippen LogP) is -15.1. The van der Waals surface area contributed by atoms with Crippen LogP contribution in [0.4, 0.5) is 0 Å². The lowest BCUT2D eigenvalue weighted by atomic mass is 9.85. The Labute approximate surface area is 351 Å². The van der Waals surface area contributed by atoms with Crippen molar-refractivity contribution < 1.29 is 215 Å². The third-order valence-electron chi connectivity index (χ3n) is 4.20. The van der Waals surface area contributed by atoms with Gasteiger partial charge in [0.1, 0.15) is 73.2 Å². The topological polar surface area (TPSA) is 865 Å². The van der Waals surface area contributed by atoms with Gasteiger partial charge in [-0.1, -0.05) is 0 Å². The fraction of sp³-hybridized carbons (Fsp3) is 1.00. The van der Waals surface area contributed by atoms with Gasteiger partial charge in [-0.15, -0.1) is 0 Å². The number of rotatable bonds is 0.